The molecule has 1 aromatic rings. The zero-order chi connectivity index (χ0) is 12.3. The summed E-state index contributed by atoms with van der Waals surface area (Å²) in [5, 5.41) is 0.260. The number of rotatable bonds is 4. The molecule has 0 bridgehead atoms. The number of hydrogen-bond acceptors (Lipinski definition) is 3. The lowest BCUT2D eigenvalue weighted by Gasteiger charge is -2.31. The highest BCUT2D eigenvalue weighted by Gasteiger charge is 2.24. The molecule has 0 spiro atoms. The molecule has 0 aromatic carbocycles. The number of halogens is 1. The van der Waals surface area contributed by atoms with Gasteiger partial charge in [0.25, 0.3) is 5.91 Å². The fourth-order valence-electron chi connectivity index (χ4n) is 1.95. The summed E-state index contributed by atoms with van der Waals surface area (Å²) in [6.45, 7) is 3.50. The SMILES string of the molecule is CCN(CC1CCC1)C(=O)c1cncc(Cl)n1. The summed E-state index contributed by atoms with van der Waals surface area (Å²) in [6, 6.07) is 0. The highest BCUT2D eigenvalue weighted by molar-refractivity contribution is 6.29. The summed E-state index contributed by atoms with van der Waals surface area (Å²) in [7, 11) is 0. The van der Waals surface area contributed by atoms with E-state index in [1.165, 1.54) is 31.7 Å². The lowest BCUT2D eigenvalue weighted by molar-refractivity contribution is 0.0700. The van der Waals surface area contributed by atoms with Crippen LogP contribution in [0, 0.1) is 5.92 Å². The van der Waals surface area contributed by atoms with Crippen molar-refractivity contribution in [1.29, 1.82) is 0 Å². The summed E-state index contributed by atoms with van der Waals surface area (Å²) in [4.78, 5) is 21.9. The van der Waals surface area contributed by atoms with Gasteiger partial charge < -0.3 is 4.90 Å². The van der Waals surface area contributed by atoms with Gasteiger partial charge >= 0.3 is 0 Å². The minimum absolute atomic E-state index is 0.0746. The Morgan fingerprint density at radius 3 is 2.82 bits per heavy atom. The van der Waals surface area contributed by atoms with Gasteiger partial charge in [-0.1, -0.05) is 18.0 Å². The van der Waals surface area contributed by atoms with Gasteiger partial charge in [0.2, 0.25) is 0 Å². The third-order valence-corrected chi connectivity index (χ3v) is 3.38. The Labute approximate surface area is 106 Å². The molecular weight excluding hydrogens is 238 g/mol. The van der Waals surface area contributed by atoms with Gasteiger partial charge in [-0.05, 0) is 25.7 Å². The third-order valence-electron chi connectivity index (χ3n) is 3.20. The largest absolute Gasteiger partial charge is 0.337 e. The lowest BCUT2D eigenvalue weighted by atomic mass is 9.85. The van der Waals surface area contributed by atoms with Crippen molar-refractivity contribution >= 4 is 17.5 Å². The van der Waals surface area contributed by atoms with Crippen LogP contribution in [0.15, 0.2) is 12.4 Å². The van der Waals surface area contributed by atoms with Crippen molar-refractivity contribution in [1.82, 2.24) is 14.9 Å². The van der Waals surface area contributed by atoms with Crippen LogP contribution in [-0.4, -0.2) is 33.9 Å². The Morgan fingerprint density at radius 2 is 2.29 bits per heavy atom. The summed E-state index contributed by atoms with van der Waals surface area (Å²) < 4.78 is 0. The summed E-state index contributed by atoms with van der Waals surface area (Å²) in [5.41, 5.74) is 0.332. The zero-order valence-electron chi connectivity index (χ0n) is 9.90. The van der Waals surface area contributed by atoms with E-state index in [2.05, 4.69) is 9.97 Å². The fourth-order valence-corrected chi connectivity index (χ4v) is 2.10. The molecule has 1 fully saturated rings. The molecule has 0 saturated heterocycles. The Morgan fingerprint density at radius 1 is 1.53 bits per heavy atom. The number of carbonyl (C=O) groups excluding carboxylic acids is 1. The van der Waals surface area contributed by atoms with Gasteiger partial charge in [-0.15, -0.1) is 0 Å². The van der Waals surface area contributed by atoms with Crippen LogP contribution in [0.4, 0.5) is 0 Å². The molecule has 1 aliphatic rings. The smallest absolute Gasteiger partial charge is 0.274 e. The second-order valence-electron chi connectivity index (χ2n) is 4.37. The molecule has 0 aliphatic heterocycles. The Bertz CT molecular complexity index is 406. The van der Waals surface area contributed by atoms with Crippen LogP contribution in [0.25, 0.3) is 0 Å². The number of carbonyl (C=O) groups is 1. The van der Waals surface area contributed by atoms with Gasteiger partial charge in [0, 0.05) is 13.1 Å². The van der Waals surface area contributed by atoms with Crippen LogP contribution in [0.3, 0.4) is 0 Å². The van der Waals surface area contributed by atoms with E-state index in [0.717, 1.165) is 6.54 Å². The first-order valence-electron chi connectivity index (χ1n) is 5.97. The highest BCUT2D eigenvalue weighted by atomic mass is 35.5. The second kappa shape index (κ2) is 5.45. The van der Waals surface area contributed by atoms with Crippen molar-refractivity contribution < 1.29 is 4.79 Å². The van der Waals surface area contributed by atoms with E-state index in [4.69, 9.17) is 11.6 Å². The minimum atomic E-state index is -0.0746. The normalized spacial score (nSPS) is 15.4. The molecule has 4 nitrogen and oxygen atoms in total. The van der Waals surface area contributed by atoms with Crippen LogP contribution in [-0.2, 0) is 0 Å². The maximum atomic E-state index is 12.2. The summed E-state index contributed by atoms with van der Waals surface area (Å²) in [5.74, 6) is 0.584. The Balaban J connectivity index is 2.05. The average molecular weight is 254 g/mol. The number of hydrogen-bond donors (Lipinski definition) is 0. The average Bonchev–Trinajstić information content (AvgIpc) is 2.27. The van der Waals surface area contributed by atoms with Crippen LogP contribution < -0.4 is 0 Å². The topological polar surface area (TPSA) is 46.1 Å². The van der Waals surface area contributed by atoms with E-state index in [-0.39, 0.29) is 11.1 Å². The number of amides is 1. The van der Waals surface area contributed by atoms with E-state index in [9.17, 15) is 4.79 Å². The predicted molar refractivity (Wildman–Crippen MR) is 66.0 cm³/mol. The van der Waals surface area contributed by atoms with Gasteiger partial charge in [0.15, 0.2) is 0 Å². The lowest BCUT2D eigenvalue weighted by Crippen LogP contribution is -2.37. The van der Waals surface area contributed by atoms with E-state index in [1.54, 1.807) is 0 Å². The molecule has 5 heteroatoms. The van der Waals surface area contributed by atoms with E-state index >= 15 is 0 Å². The Kier molecular flexibility index (Phi) is 3.94. The molecule has 17 heavy (non-hydrogen) atoms. The van der Waals surface area contributed by atoms with Gasteiger partial charge in [-0.25, -0.2) is 4.98 Å². The molecule has 0 N–H and O–H groups in total. The van der Waals surface area contributed by atoms with Crippen molar-refractivity contribution in [3.8, 4) is 0 Å². The van der Waals surface area contributed by atoms with Crippen molar-refractivity contribution in [2.45, 2.75) is 26.2 Å². The molecule has 0 atom stereocenters. The summed E-state index contributed by atoms with van der Waals surface area (Å²) >= 11 is 5.74. The zero-order valence-corrected chi connectivity index (χ0v) is 10.7. The molecule has 2 rings (SSSR count). The standard InChI is InChI=1S/C12H16ClN3O/c1-2-16(8-9-4-3-5-9)12(17)10-6-14-7-11(13)15-10/h6-7,9H,2-5,8H2,1H3. The van der Waals surface area contributed by atoms with Crippen molar-refractivity contribution in [2.75, 3.05) is 13.1 Å². The molecule has 1 aromatic heterocycles. The maximum Gasteiger partial charge on any atom is 0.274 e. The minimum Gasteiger partial charge on any atom is -0.337 e. The molecule has 1 amide bonds. The molecule has 0 unspecified atom stereocenters. The monoisotopic (exact) mass is 253 g/mol. The second-order valence-corrected chi connectivity index (χ2v) is 4.76. The highest BCUT2D eigenvalue weighted by Crippen LogP contribution is 2.27. The van der Waals surface area contributed by atoms with Crippen LogP contribution in [0.5, 0.6) is 0 Å². The van der Waals surface area contributed by atoms with Crippen molar-refractivity contribution in [2.24, 2.45) is 5.92 Å². The van der Waals surface area contributed by atoms with E-state index in [0.29, 0.717) is 18.2 Å². The van der Waals surface area contributed by atoms with Gasteiger partial charge in [0.1, 0.15) is 10.8 Å². The molecular formula is C12H16ClN3O. The van der Waals surface area contributed by atoms with E-state index < -0.39 is 0 Å². The van der Waals surface area contributed by atoms with Crippen LogP contribution >= 0.6 is 11.6 Å². The number of nitrogens with zero attached hydrogens (tertiary/aromatic N) is 3. The molecule has 1 aliphatic carbocycles. The van der Waals surface area contributed by atoms with Crippen LogP contribution in [0.2, 0.25) is 5.15 Å². The first-order chi connectivity index (χ1) is 8.20. The van der Waals surface area contributed by atoms with Gasteiger partial charge in [-0.3, -0.25) is 9.78 Å². The third kappa shape index (κ3) is 2.94. The summed E-state index contributed by atoms with van der Waals surface area (Å²) in [6.07, 6.45) is 6.64. The molecule has 1 heterocycles. The van der Waals surface area contributed by atoms with E-state index in [1.807, 2.05) is 11.8 Å². The number of aromatic nitrogens is 2. The molecule has 92 valence electrons. The van der Waals surface area contributed by atoms with Crippen molar-refractivity contribution in [3.63, 3.8) is 0 Å². The van der Waals surface area contributed by atoms with Crippen molar-refractivity contribution in [3.05, 3.63) is 23.2 Å². The first kappa shape index (κ1) is 12.3. The quantitative estimate of drug-likeness (QED) is 0.828. The molecule has 1 saturated carbocycles. The fraction of sp³-hybridized carbons (Fsp3) is 0.583. The van der Waals surface area contributed by atoms with Gasteiger partial charge in [0.05, 0.1) is 12.4 Å². The predicted octanol–water partition coefficient (Wildman–Crippen LogP) is 2.39. The molecule has 0 radical (unpaired) electrons. The maximum absolute atomic E-state index is 12.2. The van der Waals surface area contributed by atoms with Gasteiger partial charge in [-0.2, -0.15) is 0 Å². The first-order valence-corrected chi connectivity index (χ1v) is 6.35. The Hall–Kier alpha value is -1.16. The van der Waals surface area contributed by atoms with Crippen LogP contribution in [0.1, 0.15) is 36.7 Å².